The van der Waals surface area contributed by atoms with Gasteiger partial charge in [-0.3, -0.25) is 4.98 Å². The summed E-state index contributed by atoms with van der Waals surface area (Å²) >= 11 is 0. The van der Waals surface area contributed by atoms with Crippen LogP contribution in [0, 0.1) is 6.92 Å². The number of nitrogens with zero attached hydrogens (tertiary/aromatic N) is 1. The summed E-state index contributed by atoms with van der Waals surface area (Å²) in [5, 5.41) is 4.85. The van der Waals surface area contributed by atoms with Crippen LogP contribution in [0.25, 0.3) is 10.9 Å². The van der Waals surface area contributed by atoms with Gasteiger partial charge < -0.3 is 10.1 Å². The first-order valence-electron chi connectivity index (χ1n) is 6.93. The first-order valence-corrected chi connectivity index (χ1v) is 6.93. The molecule has 3 rings (SSSR count). The van der Waals surface area contributed by atoms with Gasteiger partial charge >= 0.3 is 0 Å². The molecule has 100 valence electrons. The van der Waals surface area contributed by atoms with E-state index in [1.807, 2.05) is 13.0 Å². The van der Waals surface area contributed by atoms with Crippen LogP contribution in [-0.2, 0) is 4.74 Å². The van der Waals surface area contributed by atoms with Crippen molar-refractivity contribution < 1.29 is 4.74 Å². The number of para-hydroxylation sites is 1. The molecule has 19 heavy (non-hydrogen) atoms. The van der Waals surface area contributed by atoms with E-state index in [4.69, 9.17) is 4.74 Å². The molecule has 2 atom stereocenters. The van der Waals surface area contributed by atoms with Crippen molar-refractivity contribution in [3.63, 3.8) is 0 Å². The summed E-state index contributed by atoms with van der Waals surface area (Å²) in [6, 6.07) is 10.8. The van der Waals surface area contributed by atoms with Crippen LogP contribution in [0.5, 0.6) is 0 Å². The predicted molar refractivity (Wildman–Crippen MR) is 78.5 cm³/mol. The summed E-state index contributed by atoms with van der Waals surface area (Å²) in [4.78, 5) is 4.58. The fourth-order valence-corrected chi connectivity index (χ4v) is 3.00. The van der Waals surface area contributed by atoms with Gasteiger partial charge in [0.1, 0.15) is 0 Å². The first kappa shape index (κ1) is 12.4. The third-order valence-electron chi connectivity index (χ3n) is 3.94. The lowest BCUT2D eigenvalue weighted by atomic mass is 10.1. The number of methoxy groups -OCH3 is 1. The summed E-state index contributed by atoms with van der Waals surface area (Å²) in [5.74, 6) is 0. The molecule has 0 saturated heterocycles. The Kier molecular flexibility index (Phi) is 3.38. The van der Waals surface area contributed by atoms with Crippen molar-refractivity contribution in [2.24, 2.45) is 0 Å². The van der Waals surface area contributed by atoms with Crippen LogP contribution in [0.15, 0.2) is 30.3 Å². The molecule has 2 aromatic rings. The van der Waals surface area contributed by atoms with Gasteiger partial charge in [0.25, 0.3) is 0 Å². The maximum absolute atomic E-state index is 5.56. The quantitative estimate of drug-likeness (QED) is 0.912. The Morgan fingerprint density at radius 2 is 2.11 bits per heavy atom. The summed E-state index contributed by atoms with van der Waals surface area (Å²) in [5.41, 5.74) is 3.28. The van der Waals surface area contributed by atoms with Crippen LogP contribution in [0.4, 0.5) is 5.69 Å². The number of hydrogen-bond donors (Lipinski definition) is 1. The lowest BCUT2D eigenvalue weighted by Crippen LogP contribution is -2.29. The number of ether oxygens (including phenoxy) is 1. The molecule has 3 nitrogen and oxygen atoms in total. The number of benzene rings is 1. The van der Waals surface area contributed by atoms with Gasteiger partial charge in [-0.25, -0.2) is 0 Å². The lowest BCUT2D eigenvalue weighted by Gasteiger charge is -2.22. The SMILES string of the molecule is COC1CCCC1Nc1cc(C)nc2ccccc12. The zero-order valence-electron chi connectivity index (χ0n) is 11.5. The fraction of sp³-hybridized carbons (Fsp3) is 0.438. The van der Waals surface area contributed by atoms with E-state index in [0.717, 1.165) is 17.6 Å². The van der Waals surface area contributed by atoms with Gasteiger partial charge in [0, 0.05) is 23.9 Å². The van der Waals surface area contributed by atoms with Crippen LogP contribution in [0.2, 0.25) is 0 Å². The van der Waals surface area contributed by atoms with E-state index in [1.54, 1.807) is 7.11 Å². The van der Waals surface area contributed by atoms with E-state index in [2.05, 4.69) is 34.6 Å². The number of nitrogens with one attached hydrogen (secondary N) is 1. The fourth-order valence-electron chi connectivity index (χ4n) is 3.00. The topological polar surface area (TPSA) is 34.1 Å². The van der Waals surface area contributed by atoms with E-state index in [0.29, 0.717) is 12.1 Å². The monoisotopic (exact) mass is 256 g/mol. The average Bonchev–Trinajstić information content (AvgIpc) is 2.86. The Bertz CT molecular complexity index is 582. The minimum absolute atomic E-state index is 0.326. The van der Waals surface area contributed by atoms with Crippen LogP contribution in [0.3, 0.4) is 0 Å². The standard InChI is InChI=1S/C16H20N2O/c1-11-10-15(12-6-3-4-7-13(12)17-11)18-14-8-5-9-16(14)19-2/h3-4,6-7,10,14,16H,5,8-9H2,1-2H3,(H,17,18). The minimum Gasteiger partial charge on any atom is -0.379 e. The molecule has 3 heteroatoms. The van der Waals surface area contributed by atoms with Crippen molar-refractivity contribution in [2.75, 3.05) is 12.4 Å². The highest BCUT2D eigenvalue weighted by atomic mass is 16.5. The van der Waals surface area contributed by atoms with Crippen molar-refractivity contribution in [3.05, 3.63) is 36.0 Å². The van der Waals surface area contributed by atoms with Crippen molar-refractivity contribution in [3.8, 4) is 0 Å². The number of aryl methyl sites for hydroxylation is 1. The van der Waals surface area contributed by atoms with Gasteiger partial charge in [-0.2, -0.15) is 0 Å². The molecule has 0 amide bonds. The molecule has 0 radical (unpaired) electrons. The minimum atomic E-state index is 0.326. The van der Waals surface area contributed by atoms with Gasteiger partial charge in [-0.1, -0.05) is 18.2 Å². The van der Waals surface area contributed by atoms with Gasteiger partial charge in [0.2, 0.25) is 0 Å². The summed E-state index contributed by atoms with van der Waals surface area (Å²) in [6.45, 7) is 2.04. The summed E-state index contributed by atoms with van der Waals surface area (Å²) in [6.07, 6.45) is 3.88. The number of aromatic nitrogens is 1. The number of hydrogen-bond acceptors (Lipinski definition) is 3. The second kappa shape index (κ2) is 5.17. The zero-order valence-corrected chi connectivity index (χ0v) is 11.5. The third-order valence-corrected chi connectivity index (χ3v) is 3.94. The Morgan fingerprint density at radius 1 is 1.26 bits per heavy atom. The molecule has 1 saturated carbocycles. The summed E-state index contributed by atoms with van der Waals surface area (Å²) in [7, 11) is 1.81. The Hall–Kier alpha value is -1.61. The molecular weight excluding hydrogens is 236 g/mol. The smallest absolute Gasteiger partial charge is 0.0772 e. The van der Waals surface area contributed by atoms with Crippen LogP contribution >= 0.6 is 0 Å². The van der Waals surface area contributed by atoms with Gasteiger partial charge in [0.15, 0.2) is 0 Å². The summed E-state index contributed by atoms with van der Waals surface area (Å²) < 4.78 is 5.56. The van der Waals surface area contributed by atoms with E-state index in [9.17, 15) is 0 Å². The van der Waals surface area contributed by atoms with Crippen LogP contribution < -0.4 is 5.32 Å². The number of pyridine rings is 1. The van der Waals surface area contributed by atoms with Gasteiger partial charge in [-0.15, -0.1) is 0 Å². The zero-order chi connectivity index (χ0) is 13.2. The molecule has 1 aromatic carbocycles. The van der Waals surface area contributed by atoms with Crippen molar-refractivity contribution in [1.82, 2.24) is 4.98 Å². The van der Waals surface area contributed by atoms with Crippen molar-refractivity contribution in [1.29, 1.82) is 0 Å². The molecule has 1 N–H and O–H groups in total. The lowest BCUT2D eigenvalue weighted by molar-refractivity contribution is 0.101. The maximum atomic E-state index is 5.56. The first-order chi connectivity index (χ1) is 9.28. The highest BCUT2D eigenvalue weighted by molar-refractivity contribution is 5.91. The molecular formula is C16H20N2O. The normalized spacial score (nSPS) is 22.8. The Balaban J connectivity index is 1.96. The Morgan fingerprint density at radius 3 is 2.95 bits per heavy atom. The highest BCUT2D eigenvalue weighted by Crippen LogP contribution is 2.29. The van der Waals surface area contributed by atoms with E-state index < -0.39 is 0 Å². The van der Waals surface area contributed by atoms with Crippen LogP contribution in [-0.4, -0.2) is 24.2 Å². The molecule has 1 heterocycles. The average molecular weight is 256 g/mol. The molecule has 1 aliphatic rings. The highest BCUT2D eigenvalue weighted by Gasteiger charge is 2.27. The molecule has 1 aromatic heterocycles. The van der Waals surface area contributed by atoms with E-state index >= 15 is 0 Å². The van der Waals surface area contributed by atoms with Gasteiger partial charge in [0.05, 0.1) is 17.7 Å². The predicted octanol–water partition coefficient (Wildman–Crippen LogP) is 3.52. The van der Waals surface area contributed by atoms with E-state index in [1.165, 1.54) is 23.9 Å². The molecule has 0 aliphatic heterocycles. The number of rotatable bonds is 3. The Labute approximate surface area is 114 Å². The van der Waals surface area contributed by atoms with Crippen molar-refractivity contribution in [2.45, 2.75) is 38.3 Å². The second-order valence-corrected chi connectivity index (χ2v) is 5.28. The maximum Gasteiger partial charge on any atom is 0.0772 e. The second-order valence-electron chi connectivity index (χ2n) is 5.28. The molecule has 1 aliphatic carbocycles. The number of fused-ring (bicyclic) bond motifs is 1. The van der Waals surface area contributed by atoms with Crippen molar-refractivity contribution >= 4 is 16.6 Å². The molecule has 0 spiro atoms. The van der Waals surface area contributed by atoms with E-state index in [-0.39, 0.29) is 0 Å². The molecule has 0 bridgehead atoms. The molecule has 2 unspecified atom stereocenters. The largest absolute Gasteiger partial charge is 0.379 e. The third kappa shape index (κ3) is 2.43. The van der Waals surface area contributed by atoms with Gasteiger partial charge in [-0.05, 0) is 38.3 Å². The van der Waals surface area contributed by atoms with Crippen LogP contribution in [0.1, 0.15) is 25.0 Å². The molecule has 1 fully saturated rings. The number of anilines is 1.